The van der Waals surface area contributed by atoms with Crippen LogP contribution in [0, 0.1) is 13.8 Å². The van der Waals surface area contributed by atoms with Crippen LogP contribution in [0.15, 0.2) is 77.9 Å². The van der Waals surface area contributed by atoms with Crippen molar-refractivity contribution in [3.8, 4) is 11.4 Å². The summed E-state index contributed by atoms with van der Waals surface area (Å²) in [7, 11) is 0. The van der Waals surface area contributed by atoms with Gasteiger partial charge in [-0.1, -0.05) is 40.9 Å². The number of hydrazone groups is 1. The molecular weight excluding hydrogens is 505 g/mol. The third kappa shape index (κ3) is 6.06. The van der Waals surface area contributed by atoms with Crippen LogP contribution in [0.25, 0.3) is 5.69 Å². The third-order valence-electron chi connectivity index (χ3n) is 5.40. The highest BCUT2D eigenvalue weighted by Crippen LogP contribution is 2.24. The largest absolute Gasteiger partial charge is 0.489 e. The number of halogens is 3. The lowest BCUT2D eigenvalue weighted by atomic mass is 10.2. The van der Waals surface area contributed by atoms with Crippen molar-refractivity contribution in [2.75, 3.05) is 0 Å². The van der Waals surface area contributed by atoms with Gasteiger partial charge in [0, 0.05) is 32.7 Å². The second-order valence-electron chi connectivity index (χ2n) is 7.91. The predicted molar refractivity (Wildman–Crippen MR) is 143 cm³/mol. The van der Waals surface area contributed by atoms with Gasteiger partial charge in [-0.2, -0.15) is 5.10 Å². The van der Waals surface area contributed by atoms with Crippen molar-refractivity contribution in [3.63, 3.8) is 0 Å². The van der Waals surface area contributed by atoms with Crippen LogP contribution in [0.3, 0.4) is 0 Å². The van der Waals surface area contributed by atoms with Crippen LogP contribution in [-0.4, -0.2) is 16.7 Å². The number of carbonyl (C=O) groups excluding carboxylic acids is 1. The number of rotatable bonds is 7. The Morgan fingerprint density at radius 1 is 0.914 bits per heavy atom. The molecule has 0 atom stereocenters. The van der Waals surface area contributed by atoms with E-state index in [0.29, 0.717) is 33.0 Å². The molecule has 4 aromatic rings. The van der Waals surface area contributed by atoms with E-state index in [9.17, 15) is 4.79 Å². The summed E-state index contributed by atoms with van der Waals surface area (Å²) in [4.78, 5) is 12.6. The summed E-state index contributed by atoms with van der Waals surface area (Å²) in [6.07, 6.45) is 1.55. The standard InChI is InChI=1S/C27H22Cl3N3O2/c1-17-3-4-18(2)33(17)22-9-12-24(26(30)14-22)27(34)32-31-15-19-5-10-23(11-6-19)35-16-20-7-8-21(28)13-25(20)29/h3-15H,16H2,1-2H3,(H,32,34)/b31-15-. The number of hydrogen-bond donors (Lipinski definition) is 1. The molecule has 0 aliphatic carbocycles. The Bertz CT molecular complexity index is 1380. The molecule has 4 rings (SSSR count). The SMILES string of the molecule is Cc1ccc(C)n1-c1ccc(C(=O)N/N=C\c2ccc(OCc3ccc(Cl)cc3Cl)cc2)c(Cl)c1. The first kappa shape index (κ1) is 24.9. The Labute approximate surface area is 218 Å². The lowest BCUT2D eigenvalue weighted by Crippen LogP contribution is -2.18. The van der Waals surface area contributed by atoms with Crippen molar-refractivity contribution < 1.29 is 9.53 Å². The molecule has 0 spiro atoms. The van der Waals surface area contributed by atoms with Crippen LogP contribution in [0.4, 0.5) is 0 Å². The molecule has 178 valence electrons. The van der Waals surface area contributed by atoms with E-state index < -0.39 is 5.91 Å². The maximum Gasteiger partial charge on any atom is 0.272 e. The summed E-state index contributed by atoms with van der Waals surface area (Å²) in [5.41, 5.74) is 7.58. The van der Waals surface area contributed by atoms with E-state index in [4.69, 9.17) is 39.5 Å². The Balaban J connectivity index is 1.34. The summed E-state index contributed by atoms with van der Waals surface area (Å²) in [5.74, 6) is 0.288. The average molecular weight is 527 g/mol. The lowest BCUT2D eigenvalue weighted by molar-refractivity contribution is 0.0955. The molecule has 5 nitrogen and oxygen atoms in total. The van der Waals surface area contributed by atoms with E-state index in [0.717, 1.165) is 28.2 Å². The molecule has 0 unspecified atom stereocenters. The maximum atomic E-state index is 12.6. The maximum absolute atomic E-state index is 12.6. The van der Waals surface area contributed by atoms with E-state index in [1.165, 1.54) is 0 Å². The fourth-order valence-corrected chi connectivity index (χ4v) is 4.30. The summed E-state index contributed by atoms with van der Waals surface area (Å²) >= 11 is 18.5. The van der Waals surface area contributed by atoms with Gasteiger partial charge in [0.05, 0.1) is 16.8 Å². The first-order chi connectivity index (χ1) is 16.8. The van der Waals surface area contributed by atoms with Gasteiger partial charge < -0.3 is 9.30 Å². The van der Waals surface area contributed by atoms with Crippen LogP contribution in [0.1, 0.15) is 32.9 Å². The number of aryl methyl sites for hydroxylation is 2. The van der Waals surface area contributed by atoms with Crippen LogP contribution in [0.5, 0.6) is 5.75 Å². The van der Waals surface area contributed by atoms with E-state index in [-0.39, 0.29) is 0 Å². The molecule has 8 heteroatoms. The minimum Gasteiger partial charge on any atom is -0.489 e. The summed E-state index contributed by atoms with van der Waals surface area (Å²) in [5, 5.41) is 5.53. The molecular formula is C27H22Cl3N3O2. The Hall–Kier alpha value is -3.25. The molecule has 0 bridgehead atoms. The van der Waals surface area contributed by atoms with Crippen LogP contribution in [0.2, 0.25) is 15.1 Å². The lowest BCUT2D eigenvalue weighted by Gasteiger charge is -2.11. The first-order valence-corrected chi connectivity index (χ1v) is 11.9. The van der Waals surface area contributed by atoms with E-state index in [1.54, 1.807) is 30.5 Å². The average Bonchev–Trinajstić information content (AvgIpc) is 3.17. The van der Waals surface area contributed by atoms with Gasteiger partial charge in [0.2, 0.25) is 0 Å². The number of aromatic nitrogens is 1. The second kappa shape index (κ2) is 11.0. The number of benzene rings is 3. The normalized spacial score (nSPS) is 11.1. The Kier molecular flexibility index (Phi) is 7.81. The molecule has 1 N–H and O–H groups in total. The van der Waals surface area contributed by atoms with Gasteiger partial charge in [-0.3, -0.25) is 4.79 Å². The third-order valence-corrected chi connectivity index (χ3v) is 6.30. The molecule has 3 aromatic carbocycles. The number of nitrogens with zero attached hydrogens (tertiary/aromatic N) is 2. The van der Waals surface area contributed by atoms with E-state index in [1.807, 2.05) is 62.4 Å². The Morgan fingerprint density at radius 2 is 1.63 bits per heavy atom. The summed E-state index contributed by atoms with van der Waals surface area (Å²) in [6, 6.07) is 22.0. The number of amides is 1. The van der Waals surface area contributed by atoms with Gasteiger partial charge in [0.15, 0.2) is 0 Å². The van der Waals surface area contributed by atoms with Crippen LogP contribution < -0.4 is 10.2 Å². The molecule has 0 aliphatic heterocycles. The number of carbonyl (C=O) groups is 1. The molecule has 1 aromatic heterocycles. The number of ether oxygens (including phenoxy) is 1. The zero-order valence-corrected chi connectivity index (χ0v) is 21.3. The highest BCUT2D eigenvalue weighted by atomic mass is 35.5. The number of nitrogens with one attached hydrogen (secondary N) is 1. The van der Waals surface area contributed by atoms with E-state index >= 15 is 0 Å². The summed E-state index contributed by atoms with van der Waals surface area (Å²) < 4.78 is 7.85. The minimum absolute atomic E-state index is 0.322. The molecule has 0 aliphatic rings. The smallest absolute Gasteiger partial charge is 0.272 e. The highest BCUT2D eigenvalue weighted by Gasteiger charge is 2.12. The quantitative estimate of drug-likeness (QED) is 0.201. The number of hydrogen-bond acceptors (Lipinski definition) is 3. The van der Waals surface area contributed by atoms with Gasteiger partial charge in [-0.15, -0.1) is 0 Å². The molecule has 0 saturated carbocycles. The van der Waals surface area contributed by atoms with Crippen molar-refractivity contribution in [3.05, 3.63) is 116 Å². The van der Waals surface area contributed by atoms with Crippen molar-refractivity contribution in [1.82, 2.24) is 9.99 Å². The van der Waals surface area contributed by atoms with Gasteiger partial charge in [-0.05, 0) is 86.1 Å². The van der Waals surface area contributed by atoms with Crippen LogP contribution in [-0.2, 0) is 6.61 Å². The van der Waals surface area contributed by atoms with Gasteiger partial charge >= 0.3 is 0 Å². The van der Waals surface area contributed by atoms with Crippen molar-refractivity contribution in [1.29, 1.82) is 0 Å². The minimum atomic E-state index is -0.390. The molecule has 0 fully saturated rings. The summed E-state index contributed by atoms with van der Waals surface area (Å²) in [6.45, 7) is 4.36. The molecule has 1 heterocycles. The zero-order chi connectivity index (χ0) is 24.9. The monoisotopic (exact) mass is 525 g/mol. The Morgan fingerprint density at radius 3 is 2.29 bits per heavy atom. The van der Waals surface area contributed by atoms with Gasteiger partial charge in [-0.25, -0.2) is 5.43 Å². The van der Waals surface area contributed by atoms with Crippen molar-refractivity contribution >= 4 is 46.9 Å². The fourth-order valence-electron chi connectivity index (χ4n) is 3.58. The van der Waals surface area contributed by atoms with Gasteiger partial charge in [0.1, 0.15) is 12.4 Å². The topological polar surface area (TPSA) is 55.6 Å². The fraction of sp³-hybridized carbons (Fsp3) is 0.111. The molecule has 1 amide bonds. The van der Waals surface area contributed by atoms with E-state index in [2.05, 4.69) is 15.1 Å². The highest BCUT2D eigenvalue weighted by molar-refractivity contribution is 6.35. The molecule has 0 saturated heterocycles. The van der Waals surface area contributed by atoms with Crippen LogP contribution >= 0.6 is 34.8 Å². The van der Waals surface area contributed by atoms with Gasteiger partial charge in [0.25, 0.3) is 5.91 Å². The van der Waals surface area contributed by atoms with Crippen molar-refractivity contribution in [2.45, 2.75) is 20.5 Å². The van der Waals surface area contributed by atoms with Crippen molar-refractivity contribution in [2.24, 2.45) is 5.10 Å². The molecule has 35 heavy (non-hydrogen) atoms. The zero-order valence-electron chi connectivity index (χ0n) is 19.1. The molecule has 0 radical (unpaired) electrons. The predicted octanol–water partition coefficient (Wildman–Crippen LogP) is 7.40. The first-order valence-electron chi connectivity index (χ1n) is 10.8. The second-order valence-corrected chi connectivity index (χ2v) is 9.16.